The van der Waals surface area contributed by atoms with Gasteiger partial charge in [-0.2, -0.15) is 0 Å². The minimum Gasteiger partial charge on any atom is -0.492 e. The van der Waals surface area contributed by atoms with Gasteiger partial charge in [-0.3, -0.25) is 0 Å². The van der Waals surface area contributed by atoms with E-state index >= 15 is 0 Å². The van der Waals surface area contributed by atoms with Gasteiger partial charge in [-0.05, 0) is 50.6 Å². The van der Waals surface area contributed by atoms with Gasteiger partial charge in [-0.15, -0.1) is 0 Å². The summed E-state index contributed by atoms with van der Waals surface area (Å²) in [6, 6.07) is 8.29. The van der Waals surface area contributed by atoms with Crippen LogP contribution >= 0.6 is 0 Å². The highest BCUT2D eigenvalue weighted by Gasteiger charge is 2.15. The normalized spacial score (nSPS) is 16.3. The van der Waals surface area contributed by atoms with Crippen LogP contribution in [0.1, 0.15) is 18.4 Å². The topological polar surface area (TPSA) is 33.7 Å². The quantitative estimate of drug-likeness (QED) is 0.796. The lowest BCUT2D eigenvalue weighted by atomic mass is 10.00. The van der Waals surface area contributed by atoms with Gasteiger partial charge in [0, 0.05) is 32.8 Å². The second-order valence-corrected chi connectivity index (χ2v) is 5.84. The largest absolute Gasteiger partial charge is 0.492 e. The van der Waals surface area contributed by atoms with Crippen molar-refractivity contribution in [2.75, 3.05) is 47.0 Å². The average molecular weight is 292 g/mol. The van der Waals surface area contributed by atoms with Gasteiger partial charge in [0.05, 0.1) is 0 Å². The van der Waals surface area contributed by atoms with Crippen LogP contribution in [-0.2, 0) is 11.3 Å². The average Bonchev–Trinajstić information content (AvgIpc) is 2.49. The van der Waals surface area contributed by atoms with Crippen molar-refractivity contribution >= 4 is 0 Å². The maximum atomic E-state index is 5.86. The zero-order chi connectivity index (χ0) is 14.9. The molecule has 4 heteroatoms. The van der Waals surface area contributed by atoms with Crippen LogP contribution in [0.3, 0.4) is 0 Å². The SMILES string of the molecule is CNCc1cccc(OCCN(C)CC2CCOCC2)c1. The van der Waals surface area contributed by atoms with Crippen molar-refractivity contribution in [3.8, 4) is 5.75 Å². The summed E-state index contributed by atoms with van der Waals surface area (Å²) in [5.41, 5.74) is 1.26. The van der Waals surface area contributed by atoms with Gasteiger partial charge in [-0.1, -0.05) is 12.1 Å². The van der Waals surface area contributed by atoms with Crippen molar-refractivity contribution in [2.45, 2.75) is 19.4 Å². The summed E-state index contributed by atoms with van der Waals surface area (Å²) in [6.07, 6.45) is 2.38. The summed E-state index contributed by atoms with van der Waals surface area (Å²) in [7, 11) is 4.13. The molecule has 21 heavy (non-hydrogen) atoms. The Bertz CT molecular complexity index is 406. The second-order valence-electron chi connectivity index (χ2n) is 5.84. The second kappa shape index (κ2) is 9.03. The molecule has 118 valence electrons. The number of benzene rings is 1. The molecule has 0 aromatic heterocycles. The minimum atomic E-state index is 0.739. The third kappa shape index (κ3) is 6.04. The molecule has 0 atom stereocenters. The standard InChI is InChI=1S/C17H28N2O2/c1-18-13-16-4-3-5-17(12-16)21-11-8-19(2)14-15-6-9-20-10-7-15/h3-5,12,15,18H,6-11,13-14H2,1-2H3. The Kier molecular flexibility index (Phi) is 7.00. The van der Waals surface area contributed by atoms with Crippen LogP contribution in [-0.4, -0.2) is 51.9 Å². The summed E-state index contributed by atoms with van der Waals surface area (Å²) in [4.78, 5) is 2.37. The van der Waals surface area contributed by atoms with E-state index in [4.69, 9.17) is 9.47 Å². The molecular formula is C17H28N2O2. The zero-order valence-electron chi connectivity index (χ0n) is 13.3. The van der Waals surface area contributed by atoms with E-state index in [1.165, 1.54) is 18.4 Å². The van der Waals surface area contributed by atoms with E-state index in [-0.39, 0.29) is 0 Å². The van der Waals surface area contributed by atoms with Gasteiger partial charge in [0.1, 0.15) is 12.4 Å². The molecule has 4 nitrogen and oxygen atoms in total. The summed E-state index contributed by atoms with van der Waals surface area (Å²) in [5, 5.41) is 3.16. The fourth-order valence-electron chi connectivity index (χ4n) is 2.73. The van der Waals surface area contributed by atoms with Crippen LogP contribution in [0, 0.1) is 5.92 Å². The van der Waals surface area contributed by atoms with Gasteiger partial charge in [0.15, 0.2) is 0 Å². The van der Waals surface area contributed by atoms with E-state index in [9.17, 15) is 0 Å². The molecule has 0 unspecified atom stereocenters. The number of ether oxygens (including phenoxy) is 2. The molecule has 0 bridgehead atoms. The molecule has 1 aliphatic heterocycles. The number of nitrogens with one attached hydrogen (secondary N) is 1. The maximum Gasteiger partial charge on any atom is 0.119 e. The Labute approximate surface area is 128 Å². The Hall–Kier alpha value is -1.10. The highest BCUT2D eigenvalue weighted by Crippen LogP contribution is 2.16. The van der Waals surface area contributed by atoms with Crippen molar-refractivity contribution in [1.29, 1.82) is 0 Å². The van der Waals surface area contributed by atoms with Crippen molar-refractivity contribution in [2.24, 2.45) is 5.92 Å². The van der Waals surface area contributed by atoms with E-state index < -0.39 is 0 Å². The van der Waals surface area contributed by atoms with E-state index in [0.29, 0.717) is 0 Å². The van der Waals surface area contributed by atoms with Crippen LogP contribution in [0.5, 0.6) is 5.75 Å². The number of nitrogens with zero attached hydrogens (tertiary/aromatic N) is 1. The van der Waals surface area contributed by atoms with E-state index in [2.05, 4.69) is 29.4 Å². The predicted molar refractivity (Wildman–Crippen MR) is 85.7 cm³/mol. The fourth-order valence-corrected chi connectivity index (χ4v) is 2.73. The third-order valence-corrected chi connectivity index (χ3v) is 3.93. The van der Waals surface area contributed by atoms with Crippen molar-refractivity contribution in [3.63, 3.8) is 0 Å². The van der Waals surface area contributed by atoms with E-state index in [0.717, 1.165) is 51.1 Å². The molecule has 1 saturated heterocycles. The molecule has 1 aliphatic rings. The number of rotatable bonds is 8. The molecule has 2 rings (SSSR count). The molecule has 0 spiro atoms. The highest BCUT2D eigenvalue weighted by molar-refractivity contribution is 5.28. The number of hydrogen-bond donors (Lipinski definition) is 1. The maximum absolute atomic E-state index is 5.86. The highest BCUT2D eigenvalue weighted by atomic mass is 16.5. The van der Waals surface area contributed by atoms with Gasteiger partial charge in [-0.25, -0.2) is 0 Å². The zero-order valence-corrected chi connectivity index (χ0v) is 13.3. The Morgan fingerprint density at radius 1 is 1.33 bits per heavy atom. The van der Waals surface area contributed by atoms with Gasteiger partial charge < -0.3 is 19.7 Å². The van der Waals surface area contributed by atoms with E-state index in [1.807, 2.05) is 19.2 Å². The lowest BCUT2D eigenvalue weighted by Crippen LogP contribution is -2.32. The Balaban J connectivity index is 1.67. The Morgan fingerprint density at radius 2 is 2.14 bits per heavy atom. The first-order chi connectivity index (χ1) is 10.3. The molecule has 1 heterocycles. The summed E-state index contributed by atoms with van der Waals surface area (Å²) in [5.74, 6) is 1.74. The van der Waals surface area contributed by atoms with Crippen LogP contribution in [0.25, 0.3) is 0 Å². The lowest BCUT2D eigenvalue weighted by molar-refractivity contribution is 0.0543. The molecule has 1 aromatic carbocycles. The first-order valence-electron chi connectivity index (χ1n) is 7.90. The van der Waals surface area contributed by atoms with Gasteiger partial charge in [0.2, 0.25) is 0 Å². The molecule has 1 aromatic rings. The van der Waals surface area contributed by atoms with Crippen molar-refractivity contribution in [1.82, 2.24) is 10.2 Å². The lowest BCUT2D eigenvalue weighted by Gasteiger charge is -2.27. The first-order valence-corrected chi connectivity index (χ1v) is 7.90. The van der Waals surface area contributed by atoms with Gasteiger partial charge >= 0.3 is 0 Å². The van der Waals surface area contributed by atoms with E-state index in [1.54, 1.807) is 0 Å². The monoisotopic (exact) mass is 292 g/mol. The predicted octanol–water partition coefficient (Wildman–Crippen LogP) is 2.14. The summed E-state index contributed by atoms with van der Waals surface area (Å²) in [6.45, 7) is 5.57. The molecule has 1 N–H and O–H groups in total. The summed E-state index contributed by atoms with van der Waals surface area (Å²) >= 11 is 0. The van der Waals surface area contributed by atoms with Crippen LogP contribution in [0.2, 0.25) is 0 Å². The van der Waals surface area contributed by atoms with Crippen molar-refractivity contribution in [3.05, 3.63) is 29.8 Å². The smallest absolute Gasteiger partial charge is 0.119 e. The molecule has 1 fully saturated rings. The van der Waals surface area contributed by atoms with Crippen LogP contribution in [0.15, 0.2) is 24.3 Å². The third-order valence-electron chi connectivity index (χ3n) is 3.93. The van der Waals surface area contributed by atoms with Crippen LogP contribution in [0.4, 0.5) is 0 Å². The first kappa shape index (κ1) is 16.3. The van der Waals surface area contributed by atoms with Gasteiger partial charge in [0.25, 0.3) is 0 Å². The Morgan fingerprint density at radius 3 is 2.90 bits per heavy atom. The number of hydrogen-bond acceptors (Lipinski definition) is 4. The van der Waals surface area contributed by atoms with Crippen LogP contribution < -0.4 is 10.1 Å². The molecule has 0 amide bonds. The fraction of sp³-hybridized carbons (Fsp3) is 0.647. The number of likely N-dealkylation sites (N-methyl/N-ethyl adjacent to an activating group) is 1. The van der Waals surface area contributed by atoms with Crippen molar-refractivity contribution < 1.29 is 9.47 Å². The summed E-state index contributed by atoms with van der Waals surface area (Å²) < 4.78 is 11.3. The molecule has 0 radical (unpaired) electrons. The minimum absolute atomic E-state index is 0.739. The molecule has 0 saturated carbocycles. The molecule has 0 aliphatic carbocycles. The molecular weight excluding hydrogens is 264 g/mol.